The van der Waals surface area contributed by atoms with Crippen LogP contribution in [0, 0.1) is 0 Å². The highest BCUT2D eigenvalue weighted by Crippen LogP contribution is 2.22. The van der Waals surface area contributed by atoms with Crippen molar-refractivity contribution in [3.8, 4) is 5.75 Å². The van der Waals surface area contributed by atoms with E-state index in [2.05, 4.69) is 5.32 Å². The average Bonchev–Trinajstić information content (AvgIpc) is 3.09. The van der Waals surface area contributed by atoms with E-state index >= 15 is 0 Å². The third-order valence-corrected chi connectivity index (χ3v) is 4.03. The zero-order valence-electron chi connectivity index (χ0n) is 12.6. The Labute approximate surface area is 140 Å². The number of nitrogens with one attached hydrogen (secondary N) is 1. The van der Waals surface area contributed by atoms with E-state index in [1.165, 1.54) is 0 Å². The van der Waals surface area contributed by atoms with Crippen LogP contribution in [-0.2, 0) is 4.74 Å². The van der Waals surface area contributed by atoms with Gasteiger partial charge in [0, 0.05) is 12.2 Å². The van der Waals surface area contributed by atoms with E-state index in [1.54, 1.807) is 36.4 Å². The van der Waals surface area contributed by atoms with E-state index in [0.29, 0.717) is 22.9 Å². The van der Waals surface area contributed by atoms with Gasteiger partial charge in [0.15, 0.2) is 0 Å². The van der Waals surface area contributed by atoms with Crippen LogP contribution in [0.2, 0.25) is 5.02 Å². The first-order chi connectivity index (χ1) is 11.2. The van der Waals surface area contributed by atoms with Crippen molar-refractivity contribution < 1.29 is 14.3 Å². The number of anilines is 1. The third kappa shape index (κ3) is 4.24. The summed E-state index contributed by atoms with van der Waals surface area (Å²) in [6.45, 7) is 1.36. The van der Waals surface area contributed by atoms with Crippen LogP contribution in [0.15, 0.2) is 48.5 Å². The molecule has 1 aliphatic heterocycles. The third-order valence-electron chi connectivity index (χ3n) is 3.70. The molecular weight excluding hydrogens is 314 g/mol. The number of hydrogen-bond acceptors (Lipinski definition) is 3. The summed E-state index contributed by atoms with van der Waals surface area (Å²) in [6, 6.07) is 14.2. The summed E-state index contributed by atoms with van der Waals surface area (Å²) in [7, 11) is 0. The molecule has 2 aromatic carbocycles. The van der Waals surface area contributed by atoms with Crippen molar-refractivity contribution in [1.82, 2.24) is 0 Å². The first kappa shape index (κ1) is 15.8. The van der Waals surface area contributed by atoms with Gasteiger partial charge in [-0.3, -0.25) is 4.79 Å². The maximum absolute atomic E-state index is 12.2. The molecule has 1 unspecified atom stereocenters. The molecule has 2 aromatic rings. The molecule has 4 nitrogen and oxygen atoms in total. The highest BCUT2D eigenvalue weighted by atomic mass is 35.5. The maximum Gasteiger partial charge on any atom is 0.255 e. The Kier molecular flexibility index (Phi) is 5.16. The minimum Gasteiger partial charge on any atom is -0.491 e. The molecule has 1 fully saturated rings. The number of amides is 1. The van der Waals surface area contributed by atoms with Crippen molar-refractivity contribution in [2.24, 2.45) is 0 Å². The standard InChI is InChI=1S/C18H18ClNO3/c19-16-5-1-2-6-17(16)20-18(21)13-7-9-14(10-8-13)23-12-15-4-3-11-22-15/h1-2,5-10,15H,3-4,11-12H2,(H,20,21). The lowest BCUT2D eigenvalue weighted by molar-refractivity contribution is 0.0679. The van der Waals surface area contributed by atoms with Gasteiger partial charge in [-0.2, -0.15) is 0 Å². The molecule has 0 aliphatic carbocycles. The highest BCUT2D eigenvalue weighted by molar-refractivity contribution is 6.33. The van der Waals surface area contributed by atoms with Gasteiger partial charge in [0.2, 0.25) is 0 Å². The molecule has 23 heavy (non-hydrogen) atoms. The summed E-state index contributed by atoms with van der Waals surface area (Å²) in [5.41, 5.74) is 1.15. The molecule has 0 aromatic heterocycles. The van der Waals surface area contributed by atoms with Gasteiger partial charge in [-0.25, -0.2) is 0 Å². The Morgan fingerprint density at radius 3 is 2.70 bits per heavy atom. The van der Waals surface area contributed by atoms with Gasteiger partial charge in [-0.1, -0.05) is 23.7 Å². The topological polar surface area (TPSA) is 47.6 Å². The van der Waals surface area contributed by atoms with Crippen molar-refractivity contribution in [2.45, 2.75) is 18.9 Å². The lowest BCUT2D eigenvalue weighted by Crippen LogP contribution is -2.16. The second kappa shape index (κ2) is 7.49. The van der Waals surface area contributed by atoms with Gasteiger partial charge in [-0.05, 0) is 49.2 Å². The number of rotatable bonds is 5. The van der Waals surface area contributed by atoms with Crippen LogP contribution in [0.25, 0.3) is 0 Å². The van der Waals surface area contributed by atoms with E-state index in [1.807, 2.05) is 12.1 Å². The summed E-state index contributed by atoms with van der Waals surface area (Å²) in [4.78, 5) is 12.2. The van der Waals surface area contributed by atoms with E-state index in [4.69, 9.17) is 21.1 Å². The van der Waals surface area contributed by atoms with Crippen LogP contribution in [-0.4, -0.2) is 25.2 Å². The Morgan fingerprint density at radius 1 is 1.22 bits per heavy atom. The predicted molar refractivity (Wildman–Crippen MR) is 90.3 cm³/mol. The van der Waals surface area contributed by atoms with Crippen molar-refractivity contribution in [1.29, 1.82) is 0 Å². The fraction of sp³-hybridized carbons (Fsp3) is 0.278. The SMILES string of the molecule is O=C(Nc1ccccc1Cl)c1ccc(OCC2CCCO2)cc1. The number of ether oxygens (including phenoxy) is 2. The quantitative estimate of drug-likeness (QED) is 0.895. The number of carbonyl (C=O) groups excluding carboxylic acids is 1. The molecule has 1 aliphatic rings. The molecule has 5 heteroatoms. The summed E-state index contributed by atoms with van der Waals surface area (Å²) in [6.07, 6.45) is 2.31. The molecule has 1 atom stereocenters. The smallest absolute Gasteiger partial charge is 0.255 e. The molecular formula is C18H18ClNO3. The maximum atomic E-state index is 12.2. The van der Waals surface area contributed by atoms with Crippen LogP contribution >= 0.6 is 11.6 Å². The Bertz CT molecular complexity index is 666. The normalized spacial score (nSPS) is 17.0. The molecule has 0 saturated carbocycles. The summed E-state index contributed by atoms with van der Waals surface area (Å²) >= 11 is 6.04. The average molecular weight is 332 g/mol. The van der Waals surface area contributed by atoms with Gasteiger partial charge in [0.1, 0.15) is 12.4 Å². The molecule has 0 bridgehead atoms. The van der Waals surface area contributed by atoms with Crippen LogP contribution in [0.4, 0.5) is 5.69 Å². The van der Waals surface area contributed by atoms with Crippen molar-refractivity contribution >= 4 is 23.2 Å². The minimum atomic E-state index is -0.205. The molecule has 120 valence electrons. The van der Waals surface area contributed by atoms with E-state index in [-0.39, 0.29) is 12.0 Å². The zero-order valence-corrected chi connectivity index (χ0v) is 13.4. The Morgan fingerprint density at radius 2 is 2.00 bits per heavy atom. The van der Waals surface area contributed by atoms with Gasteiger partial charge < -0.3 is 14.8 Å². The van der Waals surface area contributed by atoms with Crippen molar-refractivity contribution in [3.05, 3.63) is 59.1 Å². The van der Waals surface area contributed by atoms with E-state index in [0.717, 1.165) is 25.2 Å². The molecule has 0 radical (unpaired) electrons. The first-order valence-electron chi connectivity index (χ1n) is 7.63. The number of hydrogen-bond donors (Lipinski definition) is 1. The summed E-state index contributed by atoms with van der Waals surface area (Å²) < 4.78 is 11.2. The largest absolute Gasteiger partial charge is 0.491 e. The highest BCUT2D eigenvalue weighted by Gasteiger charge is 2.16. The molecule has 1 saturated heterocycles. The first-order valence-corrected chi connectivity index (χ1v) is 8.00. The summed E-state index contributed by atoms with van der Waals surface area (Å²) in [5.74, 6) is 0.526. The van der Waals surface area contributed by atoms with Crippen LogP contribution in [0.1, 0.15) is 23.2 Å². The fourth-order valence-electron chi connectivity index (χ4n) is 2.42. The number of halogens is 1. The number of para-hydroxylation sites is 1. The van der Waals surface area contributed by atoms with Gasteiger partial charge in [0.25, 0.3) is 5.91 Å². The fourth-order valence-corrected chi connectivity index (χ4v) is 2.61. The van der Waals surface area contributed by atoms with Crippen LogP contribution < -0.4 is 10.1 Å². The van der Waals surface area contributed by atoms with Crippen molar-refractivity contribution in [2.75, 3.05) is 18.5 Å². The predicted octanol–water partition coefficient (Wildman–Crippen LogP) is 4.15. The molecule has 1 heterocycles. The lowest BCUT2D eigenvalue weighted by atomic mass is 10.2. The van der Waals surface area contributed by atoms with Crippen LogP contribution in [0.3, 0.4) is 0 Å². The monoisotopic (exact) mass is 331 g/mol. The van der Waals surface area contributed by atoms with Gasteiger partial charge in [0.05, 0.1) is 16.8 Å². The Balaban J connectivity index is 1.57. The van der Waals surface area contributed by atoms with Gasteiger partial charge >= 0.3 is 0 Å². The molecule has 0 spiro atoms. The molecule has 3 rings (SSSR count). The second-order valence-electron chi connectivity index (χ2n) is 5.40. The molecule has 1 amide bonds. The number of carbonyl (C=O) groups is 1. The van der Waals surface area contributed by atoms with E-state index in [9.17, 15) is 4.79 Å². The zero-order chi connectivity index (χ0) is 16.1. The summed E-state index contributed by atoms with van der Waals surface area (Å²) in [5, 5.41) is 3.30. The number of benzene rings is 2. The Hall–Kier alpha value is -2.04. The van der Waals surface area contributed by atoms with Crippen molar-refractivity contribution in [3.63, 3.8) is 0 Å². The minimum absolute atomic E-state index is 0.179. The lowest BCUT2D eigenvalue weighted by Gasteiger charge is -2.12. The van der Waals surface area contributed by atoms with E-state index < -0.39 is 0 Å². The van der Waals surface area contributed by atoms with Gasteiger partial charge in [-0.15, -0.1) is 0 Å². The molecule has 1 N–H and O–H groups in total. The van der Waals surface area contributed by atoms with Crippen LogP contribution in [0.5, 0.6) is 5.75 Å². The second-order valence-corrected chi connectivity index (χ2v) is 5.81.